The van der Waals surface area contributed by atoms with E-state index in [1.54, 1.807) is 0 Å². The highest BCUT2D eigenvalue weighted by molar-refractivity contribution is 7.12. The van der Waals surface area contributed by atoms with Gasteiger partial charge in [-0.05, 0) is 47.2 Å². The smallest absolute Gasteiger partial charge is 0.140 e. The lowest BCUT2D eigenvalue weighted by Crippen LogP contribution is -2.28. The van der Waals surface area contributed by atoms with Crippen LogP contribution in [0.2, 0.25) is 0 Å². The van der Waals surface area contributed by atoms with E-state index in [2.05, 4.69) is 16.0 Å². The first-order chi connectivity index (χ1) is 17.6. The molecule has 1 saturated heterocycles. The Kier molecular flexibility index (Phi) is 7.61. The Morgan fingerprint density at radius 1 is 0.833 bits per heavy atom. The summed E-state index contributed by atoms with van der Waals surface area (Å²) in [5.74, 6) is 2.29. The van der Waals surface area contributed by atoms with E-state index in [1.165, 1.54) is 22.7 Å². The van der Waals surface area contributed by atoms with Crippen LogP contribution in [0.4, 0.5) is 11.4 Å². The molecule has 0 bridgehead atoms. The summed E-state index contributed by atoms with van der Waals surface area (Å²) in [6, 6.07) is 23.3. The molecule has 0 spiro atoms. The van der Waals surface area contributed by atoms with Gasteiger partial charge in [-0.15, -0.1) is 22.7 Å². The lowest BCUT2D eigenvalue weighted by molar-refractivity contribution is 0.211. The SMILES string of the molecule is N=C(Nc1cccc(OC[C@H]2C[C@H](Oc3cccc(NC(=N)c4cccs4)c3)CN2)c1)c1cccs1. The molecule has 2 aromatic carbocycles. The van der Waals surface area contributed by atoms with Crippen LogP contribution in [0, 0.1) is 10.8 Å². The fourth-order valence-electron chi connectivity index (χ4n) is 3.95. The van der Waals surface area contributed by atoms with Crippen molar-refractivity contribution in [2.24, 2.45) is 0 Å². The summed E-state index contributed by atoms with van der Waals surface area (Å²) >= 11 is 3.07. The minimum absolute atomic E-state index is 0.0462. The Morgan fingerprint density at radius 3 is 2.06 bits per heavy atom. The van der Waals surface area contributed by atoms with Crippen LogP contribution in [-0.4, -0.2) is 37.0 Å². The molecule has 1 fully saturated rings. The molecule has 0 radical (unpaired) electrons. The van der Waals surface area contributed by atoms with Crippen molar-refractivity contribution in [1.29, 1.82) is 10.8 Å². The molecule has 4 aromatic rings. The molecule has 5 rings (SSSR count). The number of thiophene rings is 2. The number of hydrogen-bond acceptors (Lipinski definition) is 7. The van der Waals surface area contributed by atoms with Gasteiger partial charge in [0, 0.05) is 42.5 Å². The molecule has 0 aliphatic carbocycles. The quantitative estimate of drug-likeness (QED) is 0.141. The van der Waals surface area contributed by atoms with Crippen molar-refractivity contribution in [3.63, 3.8) is 0 Å². The normalized spacial score (nSPS) is 16.9. The molecule has 1 aliphatic rings. The zero-order valence-electron chi connectivity index (χ0n) is 19.5. The number of amidine groups is 2. The van der Waals surface area contributed by atoms with Gasteiger partial charge in [0.1, 0.15) is 35.9 Å². The van der Waals surface area contributed by atoms with E-state index < -0.39 is 0 Å². The van der Waals surface area contributed by atoms with E-state index >= 15 is 0 Å². The van der Waals surface area contributed by atoms with Crippen LogP contribution >= 0.6 is 22.7 Å². The summed E-state index contributed by atoms with van der Waals surface area (Å²) in [5.41, 5.74) is 1.66. The zero-order chi connectivity index (χ0) is 24.7. The Morgan fingerprint density at radius 2 is 1.44 bits per heavy atom. The molecule has 7 nitrogen and oxygen atoms in total. The van der Waals surface area contributed by atoms with E-state index in [0.717, 1.165) is 45.6 Å². The van der Waals surface area contributed by atoms with Gasteiger partial charge in [0.15, 0.2) is 0 Å². The Balaban J connectivity index is 1.10. The van der Waals surface area contributed by atoms with Gasteiger partial charge in [-0.25, -0.2) is 0 Å². The third-order valence-corrected chi connectivity index (χ3v) is 7.45. The molecule has 0 unspecified atom stereocenters. The number of hydrogen-bond donors (Lipinski definition) is 5. The average Bonchev–Trinajstić information content (AvgIpc) is 3.67. The lowest BCUT2D eigenvalue weighted by atomic mass is 10.2. The van der Waals surface area contributed by atoms with Crippen LogP contribution < -0.4 is 25.4 Å². The van der Waals surface area contributed by atoms with Gasteiger partial charge in [-0.3, -0.25) is 10.8 Å². The molecule has 2 atom stereocenters. The van der Waals surface area contributed by atoms with Gasteiger partial charge in [0.05, 0.1) is 9.75 Å². The van der Waals surface area contributed by atoms with Crippen molar-refractivity contribution in [3.05, 3.63) is 93.3 Å². The van der Waals surface area contributed by atoms with Crippen LogP contribution in [0.15, 0.2) is 83.6 Å². The fraction of sp³-hybridized carbons (Fsp3) is 0.185. The van der Waals surface area contributed by atoms with Crippen molar-refractivity contribution in [2.75, 3.05) is 23.8 Å². The highest BCUT2D eigenvalue weighted by atomic mass is 32.1. The average molecular weight is 518 g/mol. The number of ether oxygens (including phenoxy) is 2. The second-order valence-electron chi connectivity index (χ2n) is 8.40. The minimum Gasteiger partial charge on any atom is -0.492 e. The topological polar surface area (TPSA) is 102 Å². The molecular formula is C27H27N5O2S2. The highest BCUT2D eigenvalue weighted by Gasteiger charge is 2.26. The summed E-state index contributed by atoms with van der Waals surface area (Å²) in [6.45, 7) is 1.28. The monoisotopic (exact) mass is 517 g/mol. The van der Waals surface area contributed by atoms with E-state index in [-0.39, 0.29) is 12.1 Å². The largest absolute Gasteiger partial charge is 0.492 e. The van der Waals surface area contributed by atoms with Gasteiger partial charge < -0.3 is 25.4 Å². The van der Waals surface area contributed by atoms with Gasteiger partial charge in [-0.1, -0.05) is 24.3 Å². The highest BCUT2D eigenvalue weighted by Crippen LogP contribution is 2.24. The van der Waals surface area contributed by atoms with Gasteiger partial charge in [0.2, 0.25) is 0 Å². The van der Waals surface area contributed by atoms with Crippen LogP contribution in [0.3, 0.4) is 0 Å². The summed E-state index contributed by atoms with van der Waals surface area (Å²) in [5, 5.41) is 30.1. The molecule has 0 saturated carbocycles. The molecule has 0 amide bonds. The number of nitrogens with one attached hydrogen (secondary N) is 5. The maximum atomic E-state index is 8.22. The summed E-state index contributed by atoms with van der Waals surface area (Å²) in [7, 11) is 0. The molecule has 36 heavy (non-hydrogen) atoms. The zero-order valence-corrected chi connectivity index (χ0v) is 21.1. The Bertz CT molecular complexity index is 1310. The van der Waals surface area contributed by atoms with E-state index in [4.69, 9.17) is 20.3 Å². The predicted octanol–water partition coefficient (Wildman–Crippen LogP) is 5.87. The minimum atomic E-state index is 0.0462. The first kappa shape index (κ1) is 24.1. The first-order valence-electron chi connectivity index (χ1n) is 11.6. The number of rotatable bonds is 9. The fourth-order valence-corrected chi connectivity index (χ4v) is 5.21. The Labute approximate surface area is 218 Å². The molecule has 1 aliphatic heterocycles. The molecule has 3 heterocycles. The maximum Gasteiger partial charge on any atom is 0.140 e. The maximum absolute atomic E-state index is 8.22. The van der Waals surface area contributed by atoms with Crippen molar-refractivity contribution in [2.45, 2.75) is 18.6 Å². The second-order valence-corrected chi connectivity index (χ2v) is 10.3. The van der Waals surface area contributed by atoms with Gasteiger partial charge in [0.25, 0.3) is 0 Å². The molecule has 5 N–H and O–H groups in total. The predicted molar refractivity (Wildman–Crippen MR) is 149 cm³/mol. The second kappa shape index (κ2) is 11.4. The standard InChI is InChI=1S/C27H27N5O2S2/c28-26(24-9-3-11-35-24)31-18-5-1-7-21(13-18)33-17-20-15-23(16-30-20)34-22-8-2-6-19(14-22)32-27(29)25-10-4-12-36-25/h1-14,20,23,30H,15-17H2,(H2,28,31)(H2,29,32)/t20-,23+/m1/s1. The van der Waals surface area contributed by atoms with Crippen molar-refractivity contribution in [3.8, 4) is 11.5 Å². The Hall–Kier alpha value is -3.66. The third kappa shape index (κ3) is 6.31. The molecule has 184 valence electrons. The van der Waals surface area contributed by atoms with E-state index in [0.29, 0.717) is 18.3 Å². The molecule has 2 aromatic heterocycles. The summed E-state index contributed by atoms with van der Waals surface area (Å²) in [6.07, 6.45) is 0.883. The van der Waals surface area contributed by atoms with Crippen LogP contribution in [0.25, 0.3) is 0 Å². The van der Waals surface area contributed by atoms with E-state index in [9.17, 15) is 0 Å². The number of benzene rings is 2. The summed E-state index contributed by atoms with van der Waals surface area (Å²) in [4.78, 5) is 1.79. The lowest BCUT2D eigenvalue weighted by Gasteiger charge is -2.15. The van der Waals surface area contributed by atoms with E-state index in [1.807, 2.05) is 83.6 Å². The third-order valence-electron chi connectivity index (χ3n) is 5.68. The van der Waals surface area contributed by atoms with Crippen LogP contribution in [0.5, 0.6) is 11.5 Å². The van der Waals surface area contributed by atoms with Crippen molar-refractivity contribution < 1.29 is 9.47 Å². The van der Waals surface area contributed by atoms with Gasteiger partial charge in [-0.2, -0.15) is 0 Å². The van der Waals surface area contributed by atoms with Crippen molar-refractivity contribution >= 4 is 45.7 Å². The molecular weight excluding hydrogens is 490 g/mol. The number of anilines is 2. The van der Waals surface area contributed by atoms with Crippen molar-refractivity contribution in [1.82, 2.24) is 5.32 Å². The van der Waals surface area contributed by atoms with Crippen LogP contribution in [0.1, 0.15) is 16.2 Å². The van der Waals surface area contributed by atoms with Gasteiger partial charge >= 0.3 is 0 Å². The summed E-state index contributed by atoms with van der Waals surface area (Å²) < 4.78 is 12.3. The van der Waals surface area contributed by atoms with Crippen LogP contribution in [-0.2, 0) is 0 Å². The first-order valence-corrected chi connectivity index (χ1v) is 13.4. The molecule has 9 heteroatoms.